The van der Waals surface area contributed by atoms with Crippen molar-refractivity contribution in [1.29, 1.82) is 0 Å². The molecule has 1 amide bonds. The van der Waals surface area contributed by atoms with Gasteiger partial charge in [-0.05, 0) is 6.04 Å². The van der Waals surface area contributed by atoms with Crippen LogP contribution in [-0.4, -0.2) is 20.5 Å². The van der Waals surface area contributed by atoms with E-state index in [9.17, 15) is 4.79 Å². The fraction of sp³-hybridized carbons (Fsp3) is 0.857. The zero-order valence-electron chi connectivity index (χ0n) is 7.32. The van der Waals surface area contributed by atoms with Crippen molar-refractivity contribution in [3.05, 3.63) is 0 Å². The van der Waals surface area contributed by atoms with Gasteiger partial charge in [-0.3, -0.25) is 4.79 Å². The highest BCUT2D eigenvalue weighted by Crippen LogP contribution is 2.05. The Morgan fingerprint density at radius 3 is 2.20 bits per heavy atom. The van der Waals surface area contributed by atoms with E-state index in [4.69, 9.17) is 0 Å². The Morgan fingerprint density at radius 1 is 1.40 bits per heavy atom. The summed E-state index contributed by atoms with van der Waals surface area (Å²) < 4.78 is 0. The third-order valence-electron chi connectivity index (χ3n) is 1.25. The lowest BCUT2D eigenvalue weighted by molar-refractivity contribution is -0.118. The largest absolute Gasteiger partial charge is 0.357 e. The van der Waals surface area contributed by atoms with E-state index in [2.05, 4.69) is 25.0 Å². The molecule has 0 aliphatic rings. The van der Waals surface area contributed by atoms with Gasteiger partial charge in [-0.25, -0.2) is 0 Å². The van der Waals surface area contributed by atoms with Gasteiger partial charge < -0.3 is 5.32 Å². The molecule has 1 N–H and O–H groups in total. The maximum Gasteiger partial charge on any atom is 0.216 e. The van der Waals surface area contributed by atoms with Crippen LogP contribution >= 0.6 is 0 Å². The lowest BCUT2D eigenvalue weighted by atomic mass is 10.6. The molecule has 0 aromatic carbocycles. The van der Waals surface area contributed by atoms with Crippen LogP contribution in [0, 0.1) is 0 Å². The predicted octanol–water partition coefficient (Wildman–Crippen LogP) is 1.46. The summed E-state index contributed by atoms with van der Waals surface area (Å²) in [6.07, 6.45) is 0. The maximum atomic E-state index is 10.4. The molecule has 60 valence electrons. The molecule has 0 aromatic heterocycles. The van der Waals surface area contributed by atoms with Crippen LogP contribution in [0.5, 0.6) is 0 Å². The van der Waals surface area contributed by atoms with Crippen molar-refractivity contribution in [3.8, 4) is 0 Å². The lowest BCUT2D eigenvalue weighted by Gasteiger charge is -2.14. The summed E-state index contributed by atoms with van der Waals surface area (Å²) in [5.74, 6) is 0.0817. The Hall–Kier alpha value is -0.313. The second-order valence-corrected chi connectivity index (χ2v) is 9.41. The summed E-state index contributed by atoms with van der Waals surface area (Å²) in [5, 5.41) is 2.80. The molecule has 2 nitrogen and oxygen atoms in total. The molecule has 0 heterocycles. The monoisotopic (exact) mass is 159 g/mol. The molecule has 0 saturated heterocycles. The fourth-order valence-electron chi connectivity index (χ4n) is 0.614. The van der Waals surface area contributed by atoms with Gasteiger partial charge in [0.1, 0.15) is 0 Å². The molecule has 0 fully saturated rings. The summed E-state index contributed by atoms with van der Waals surface area (Å²) in [6.45, 7) is 9.31. The summed E-state index contributed by atoms with van der Waals surface area (Å²) in [6, 6.07) is 1.17. The second kappa shape index (κ2) is 3.76. The third-order valence-corrected chi connectivity index (χ3v) is 3.00. The van der Waals surface area contributed by atoms with Gasteiger partial charge in [0.25, 0.3) is 0 Å². The summed E-state index contributed by atoms with van der Waals surface area (Å²) >= 11 is 0. The van der Waals surface area contributed by atoms with Gasteiger partial charge >= 0.3 is 0 Å². The molecule has 0 aliphatic carbocycles. The Kier molecular flexibility index (Phi) is 3.64. The topological polar surface area (TPSA) is 29.1 Å². The molecule has 0 unspecified atom stereocenters. The van der Waals surface area contributed by atoms with Crippen LogP contribution in [-0.2, 0) is 4.79 Å². The van der Waals surface area contributed by atoms with Gasteiger partial charge in [-0.15, -0.1) is 0 Å². The van der Waals surface area contributed by atoms with Gasteiger partial charge in [0.15, 0.2) is 0 Å². The van der Waals surface area contributed by atoms with E-state index in [-0.39, 0.29) is 5.91 Å². The van der Waals surface area contributed by atoms with Crippen LogP contribution in [0.1, 0.15) is 6.92 Å². The smallest absolute Gasteiger partial charge is 0.216 e. The zero-order chi connectivity index (χ0) is 8.20. The van der Waals surface area contributed by atoms with E-state index in [1.54, 1.807) is 6.92 Å². The fourth-order valence-corrected chi connectivity index (χ4v) is 1.49. The average Bonchev–Trinajstić information content (AvgIpc) is 1.59. The molecule has 0 saturated carbocycles. The third kappa shape index (κ3) is 7.69. The van der Waals surface area contributed by atoms with Crippen LogP contribution in [0.2, 0.25) is 25.7 Å². The van der Waals surface area contributed by atoms with Crippen molar-refractivity contribution in [2.24, 2.45) is 0 Å². The number of hydrogen-bond donors (Lipinski definition) is 1. The van der Waals surface area contributed by atoms with Crippen molar-refractivity contribution in [2.45, 2.75) is 32.6 Å². The number of rotatable bonds is 3. The number of amides is 1. The number of nitrogens with one attached hydrogen (secondary N) is 1. The zero-order valence-corrected chi connectivity index (χ0v) is 8.32. The minimum Gasteiger partial charge on any atom is -0.357 e. The molecule has 0 aromatic rings. The van der Waals surface area contributed by atoms with Crippen LogP contribution in [0.4, 0.5) is 0 Å². The van der Waals surface area contributed by atoms with E-state index in [1.165, 1.54) is 6.04 Å². The number of hydrogen-bond acceptors (Lipinski definition) is 1. The molecule has 0 spiro atoms. The summed E-state index contributed by atoms with van der Waals surface area (Å²) in [4.78, 5) is 10.4. The molecular weight excluding hydrogens is 142 g/mol. The first-order chi connectivity index (χ1) is 4.42. The quantitative estimate of drug-likeness (QED) is 0.621. The van der Waals surface area contributed by atoms with Crippen molar-refractivity contribution in [2.75, 3.05) is 6.54 Å². The number of carbonyl (C=O) groups excluding carboxylic acids is 1. The SMILES string of the molecule is CC(=O)NCC[Si](C)(C)C. The van der Waals surface area contributed by atoms with Crippen LogP contribution in [0.25, 0.3) is 0 Å². The molecule has 10 heavy (non-hydrogen) atoms. The average molecular weight is 159 g/mol. The lowest BCUT2D eigenvalue weighted by Crippen LogP contribution is -2.29. The molecule has 0 aliphatic heterocycles. The first-order valence-electron chi connectivity index (χ1n) is 3.66. The van der Waals surface area contributed by atoms with Gasteiger partial charge in [0.2, 0.25) is 5.91 Å². The van der Waals surface area contributed by atoms with Crippen molar-refractivity contribution in [3.63, 3.8) is 0 Å². The van der Waals surface area contributed by atoms with Crippen LogP contribution in [0.15, 0.2) is 0 Å². The standard InChI is InChI=1S/C7H17NOSi/c1-7(9)8-5-6-10(2,3)4/h5-6H2,1-4H3,(H,8,9). The minimum atomic E-state index is -0.939. The van der Waals surface area contributed by atoms with E-state index < -0.39 is 8.07 Å². The normalized spacial score (nSPS) is 11.2. The van der Waals surface area contributed by atoms with Crippen LogP contribution < -0.4 is 5.32 Å². The van der Waals surface area contributed by atoms with Gasteiger partial charge in [-0.2, -0.15) is 0 Å². The van der Waals surface area contributed by atoms with E-state index in [0.29, 0.717) is 0 Å². The highest BCUT2D eigenvalue weighted by Gasteiger charge is 2.11. The molecule has 0 bridgehead atoms. The minimum absolute atomic E-state index is 0.0817. The molecule has 0 atom stereocenters. The first-order valence-corrected chi connectivity index (χ1v) is 7.37. The van der Waals surface area contributed by atoms with Crippen molar-refractivity contribution < 1.29 is 4.79 Å². The Morgan fingerprint density at radius 2 is 1.90 bits per heavy atom. The Bertz CT molecular complexity index is 117. The summed E-state index contributed by atoms with van der Waals surface area (Å²) in [5.41, 5.74) is 0. The molecule has 0 rings (SSSR count). The highest BCUT2D eigenvalue weighted by molar-refractivity contribution is 6.76. The Balaban J connectivity index is 3.29. The Labute approximate surface area is 64.0 Å². The van der Waals surface area contributed by atoms with Crippen molar-refractivity contribution in [1.82, 2.24) is 5.32 Å². The molecule has 0 radical (unpaired) electrons. The molecular formula is C7H17NOSi. The second-order valence-electron chi connectivity index (χ2n) is 3.79. The van der Waals surface area contributed by atoms with E-state index in [0.717, 1.165) is 6.54 Å². The van der Waals surface area contributed by atoms with Crippen LogP contribution in [0.3, 0.4) is 0 Å². The number of carbonyl (C=O) groups is 1. The van der Waals surface area contributed by atoms with E-state index in [1.807, 2.05) is 0 Å². The predicted molar refractivity (Wildman–Crippen MR) is 46.8 cm³/mol. The highest BCUT2D eigenvalue weighted by atomic mass is 28.3. The molecule has 3 heteroatoms. The van der Waals surface area contributed by atoms with Gasteiger partial charge in [0.05, 0.1) is 0 Å². The van der Waals surface area contributed by atoms with Gasteiger partial charge in [0, 0.05) is 21.5 Å². The summed E-state index contributed by atoms with van der Waals surface area (Å²) in [7, 11) is -0.939. The van der Waals surface area contributed by atoms with Crippen molar-refractivity contribution >= 4 is 14.0 Å². The van der Waals surface area contributed by atoms with E-state index >= 15 is 0 Å². The first kappa shape index (κ1) is 9.69. The van der Waals surface area contributed by atoms with Gasteiger partial charge in [-0.1, -0.05) is 19.6 Å². The maximum absolute atomic E-state index is 10.4.